The van der Waals surface area contributed by atoms with Gasteiger partial charge in [-0.1, -0.05) is 13.8 Å². The number of hydrogen-bond acceptors (Lipinski definition) is 2. The van der Waals surface area contributed by atoms with Gasteiger partial charge in [0.1, 0.15) is 6.17 Å². The first kappa shape index (κ1) is 11.9. The SMILES string of the molecule is CC.COCC12CCCN1CC(F)C2. The highest BCUT2D eigenvalue weighted by molar-refractivity contribution is 5.03. The molecule has 2 aliphatic heterocycles. The molecule has 0 radical (unpaired) electrons. The summed E-state index contributed by atoms with van der Waals surface area (Å²) >= 11 is 0. The minimum absolute atomic E-state index is 0.0637. The first-order valence-electron chi connectivity index (χ1n) is 5.65. The molecule has 2 unspecified atom stereocenters. The van der Waals surface area contributed by atoms with E-state index >= 15 is 0 Å². The summed E-state index contributed by atoms with van der Waals surface area (Å²) in [6, 6.07) is 0. The highest BCUT2D eigenvalue weighted by Crippen LogP contribution is 2.39. The molecule has 2 atom stereocenters. The zero-order valence-corrected chi connectivity index (χ0v) is 9.55. The molecule has 0 N–H and O–H groups in total. The van der Waals surface area contributed by atoms with Crippen LogP contribution in [0.4, 0.5) is 4.39 Å². The van der Waals surface area contributed by atoms with Crippen LogP contribution >= 0.6 is 0 Å². The van der Waals surface area contributed by atoms with E-state index in [4.69, 9.17) is 4.74 Å². The fraction of sp³-hybridized carbons (Fsp3) is 1.00. The normalized spacial score (nSPS) is 36.4. The Morgan fingerprint density at radius 2 is 2.21 bits per heavy atom. The molecule has 14 heavy (non-hydrogen) atoms. The molecule has 0 aromatic carbocycles. The predicted octanol–water partition coefficient (Wildman–Crippen LogP) is 2.24. The third kappa shape index (κ3) is 2.09. The Morgan fingerprint density at radius 1 is 1.50 bits per heavy atom. The van der Waals surface area contributed by atoms with Crippen LogP contribution in [0.1, 0.15) is 33.1 Å². The van der Waals surface area contributed by atoms with Gasteiger partial charge in [0.05, 0.1) is 6.61 Å². The molecule has 0 aromatic rings. The van der Waals surface area contributed by atoms with E-state index in [9.17, 15) is 4.39 Å². The van der Waals surface area contributed by atoms with Crippen molar-refractivity contribution in [1.29, 1.82) is 0 Å². The van der Waals surface area contributed by atoms with Gasteiger partial charge < -0.3 is 4.74 Å². The minimum Gasteiger partial charge on any atom is -0.383 e. The molecule has 2 saturated heterocycles. The van der Waals surface area contributed by atoms with Gasteiger partial charge in [-0.2, -0.15) is 0 Å². The number of alkyl halides is 1. The van der Waals surface area contributed by atoms with E-state index in [0.29, 0.717) is 19.6 Å². The van der Waals surface area contributed by atoms with Crippen LogP contribution in [-0.2, 0) is 4.74 Å². The van der Waals surface area contributed by atoms with Gasteiger partial charge in [-0.3, -0.25) is 4.90 Å². The standard InChI is InChI=1S/C9H16FNO.C2H6/c1-12-7-9-3-2-4-11(9)6-8(10)5-9;1-2/h8H,2-7H2,1H3;1-2H3. The van der Waals surface area contributed by atoms with Crippen LogP contribution in [0, 0.1) is 0 Å². The number of fused-ring (bicyclic) bond motifs is 1. The van der Waals surface area contributed by atoms with E-state index in [1.165, 1.54) is 6.42 Å². The smallest absolute Gasteiger partial charge is 0.115 e. The number of nitrogens with zero attached hydrogens (tertiary/aromatic N) is 1. The quantitative estimate of drug-likeness (QED) is 0.682. The summed E-state index contributed by atoms with van der Waals surface area (Å²) < 4.78 is 18.3. The number of rotatable bonds is 2. The minimum atomic E-state index is -0.625. The third-order valence-corrected chi connectivity index (χ3v) is 3.17. The van der Waals surface area contributed by atoms with Crippen LogP contribution < -0.4 is 0 Å². The average molecular weight is 203 g/mol. The van der Waals surface area contributed by atoms with Gasteiger partial charge in [-0.15, -0.1) is 0 Å². The van der Waals surface area contributed by atoms with Crippen molar-refractivity contribution in [1.82, 2.24) is 4.90 Å². The first-order chi connectivity index (χ1) is 6.77. The zero-order chi connectivity index (χ0) is 10.6. The summed E-state index contributed by atoms with van der Waals surface area (Å²) in [7, 11) is 1.71. The van der Waals surface area contributed by atoms with E-state index in [0.717, 1.165) is 13.0 Å². The van der Waals surface area contributed by atoms with Crippen molar-refractivity contribution >= 4 is 0 Å². The molecule has 2 nitrogen and oxygen atoms in total. The lowest BCUT2D eigenvalue weighted by Crippen LogP contribution is -2.42. The molecular weight excluding hydrogens is 181 g/mol. The second-order valence-corrected chi connectivity index (χ2v) is 4.01. The predicted molar refractivity (Wildman–Crippen MR) is 56.3 cm³/mol. The molecule has 0 saturated carbocycles. The molecule has 0 aliphatic carbocycles. The van der Waals surface area contributed by atoms with E-state index in [-0.39, 0.29) is 5.54 Å². The van der Waals surface area contributed by atoms with Crippen molar-refractivity contribution in [2.24, 2.45) is 0 Å². The Labute approximate surface area is 86.4 Å². The molecule has 2 heterocycles. The molecule has 0 spiro atoms. The fourth-order valence-electron chi connectivity index (χ4n) is 2.72. The third-order valence-electron chi connectivity index (χ3n) is 3.17. The second kappa shape index (κ2) is 5.08. The summed E-state index contributed by atoms with van der Waals surface area (Å²) in [6.45, 7) is 6.39. The van der Waals surface area contributed by atoms with Crippen molar-refractivity contribution in [2.45, 2.75) is 44.8 Å². The van der Waals surface area contributed by atoms with Crippen molar-refractivity contribution < 1.29 is 9.13 Å². The van der Waals surface area contributed by atoms with Gasteiger partial charge in [0.15, 0.2) is 0 Å². The van der Waals surface area contributed by atoms with Crippen molar-refractivity contribution in [3.8, 4) is 0 Å². The number of halogens is 1. The molecule has 3 heteroatoms. The van der Waals surface area contributed by atoms with Crippen LogP contribution in [0.3, 0.4) is 0 Å². The van der Waals surface area contributed by atoms with Gasteiger partial charge in [0.2, 0.25) is 0 Å². The van der Waals surface area contributed by atoms with E-state index in [2.05, 4.69) is 4.90 Å². The van der Waals surface area contributed by atoms with Crippen LogP contribution in [0.25, 0.3) is 0 Å². The van der Waals surface area contributed by atoms with Gasteiger partial charge in [-0.05, 0) is 19.4 Å². The number of methoxy groups -OCH3 is 1. The van der Waals surface area contributed by atoms with Crippen LogP contribution in [0.5, 0.6) is 0 Å². The molecule has 0 bridgehead atoms. The molecule has 0 aromatic heterocycles. The van der Waals surface area contributed by atoms with Gasteiger partial charge in [0.25, 0.3) is 0 Å². The van der Waals surface area contributed by atoms with Gasteiger partial charge in [-0.25, -0.2) is 4.39 Å². The summed E-state index contributed by atoms with van der Waals surface area (Å²) in [6.07, 6.45) is 2.37. The highest BCUT2D eigenvalue weighted by Gasteiger charge is 2.48. The average Bonchev–Trinajstić information content (AvgIpc) is 2.64. The maximum atomic E-state index is 13.1. The Hall–Kier alpha value is -0.150. The lowest BCUT2D eigenvalue weighted by atomic mass is 9.95. The summed E-state index contributed by atoms with van der Waals surface area (Å²) in [5, 5.41) is 0. The number of hydrogen-bond donors (Lipinski definition) is 0. The Kier molecular flexibility index (Phi) is 4.32. The summed E-state index contributed by atoms with van der Waals surface area (Å²) in [5.74, 6) is 0. The monoisotopic (exact) mass is 203 g/mol. The number of ether oxygens (including phenoxy) is 1. The lowest BCUT2D eigenvalue weighted by molar-refractivity contribution is 0.0652. The highest BCUT2D eigenvalue weighted by atomic mass is 19.1. The summed E-state index contributed by atoms with van der Waals surface area (Å²) in [5.41, 5.74) is 0.0637. The van der Waals surface area contributed by atoms with Gasteiger partial charge in [0, 0.05) is 25.6 Å². The van der Waals surface area contributed by atoms with Crippen molar-refractivity contribution in [3.05, 3.63) is 0 Å². The maximum Gasteiger partial charge on any atom is 0.115 e. The topological polar surface area (TPSA) is 12.5 Å². The zero-order valence-electron chi connectivity index (χ0n) is 9.55. The molecule has 2 fully saturated rings. The first-order valence-corrected chi connectivity index (χ1v) is 5.65. The molecule has 2 rings (SSSR count). The van der Waals surface area contributed by atoms with E-state index in [1.54, 1.807) is 7.11 Å². The van der Waals surface area contributed by atoms with Gasteiger partial charge >= 0.3 is 0 Å². The Balaban J connectivity index is 0.000000461. The second-order valence-electron chi connectivity index (χ2n) is 4.01. The van der Waals surface area contributed by atoms with Crippen LogP contribution in [0.15, 0.2) is 0 Å². The van der Waals surface area contributed by atoms with E-state index in [1.807, 2.05) is 13.8 Å². The van der Waals surface area contributed by atoms with Crippen molar-refractivity contribution in [2.75, 3.05) is 26.8 Å². The molecule has 0 amide bonds. The van der Waals surface area contributed by atoms with E-state index < -0.39 is 6.17 Å². The van der Waals surface area contributed by atoms with Crippen molar-refractivity contribution in [3.63, 3.8) is 0 Å². The molecule has 84 valence electrons. The lowest BCUT2D eigenvalue weighted by Gasteiger charge is -2.30. The molecule has 2 aliphatic rings. The van der Waals surface area contributed by atoms with Crippen LogP contribution in [-0.4, -0.2) is 43.4 Å². The Morgan fingerprint density at radius 3 is 2.86 bits per heavy atom. The fourth-order valence-corrected chi connectivity index (χ4v) is 2.72. The van der Waals surface area contributed by atoms with Crippen LogP contribution in [0.2, 0.25) is 0 Å². The molecular formula is C11H22FNO. The largest absolute Gasteiger partial charge is 0.383 e. The summed E-state index contributed by atoms with van der Waals surface area (Å²) in [4.78, 5) is 2.27. The Bertz CT molecular complexity index is 177. The maximum absolute atomic E-state index is 13.1.